The van der Waals surface area contributed by atoms with Crippen molar-refractivity contribution in [2.45, 2.75) is 23.5 Å². The van der Waals surface area contributed by atoms with Crippen LogP contribution in [-0.2, 0) is 0 Å². The van der Waals surface area contributed by atoms with Gasteiger partial charge in [0.05, 0.1) is 10.6 Å². The zero-order valence-electron chi connectivity index (χ0n) is 8.81. The molecule has 0 saturated heterocycles. The van der Waals surface area contributed by atoms with E-state index in [-0.39, 0.29) is 22.4 Å². The molecule has 0 aliphatic carbocycles. The Morgan fingerprint density at radius 2 is 2.25 bits per heavy atom. The van der Waals surface area contributed by atoms with Crippen molar-refractivity contribution in [3.8, 4) is 0 Å². The van der Waals surface area contributed by atoms with Crippen LogP contribution >= 0.6 is 23.4 Å². The molecule has 0 heterocycles. The van der Waals surface area contributed by atoms with Crippen molar-refractivity contribution in [2.75, 3.05) is 6.61 Å². The van der Waals surface area contributed by atoms with Gasteiger partial charge in [-0.1, -0.05) is 24.6 Å². The lowest BCUT2D eigenvalue weighted by Crippen LogP contribution is -2.04. The van der Waals surface area contributed by atoms with Crippen LogP contribution in [0, 0.1) is 0 Å². The predicted octanol–water partition coefficient (Wildman–Crippen LogP) is 2.90. The first-order chi connectivity index (χ1) is 7.56. The summed E-state index contributed by atoms with van der Waals surface area (Å²) < 4.78 is 0. The number of rotatable bonds is 5. The van der Waals surface area contributed by atoms with Crippen LogP contribution in [0.15, 0.2) is 23.1 Å². The van der Waals surface area contributed by atoms with Gasteiger partial charge in [-0.15, -0.1) is 11.8 Å². The number of carboxylic acid groups (broad SMARTS) is 1. The Labute approximate surface area is 103 Å². The molecular weight excluding hydrogens is 248 g/mol. The minimum absolute atomic E-state index is 0.0944. The fourth-order valence-electron chi connectivity index (χ4n) is 1.27. The highest BCUT2D eigenvalue weighted by Gasteiger charge is 2.16. The molecule has 0 spiro atoms. The van der Waals surface area contributed by atoms with E-state index in [0.717, 1.165) is 0 Å². The normalized spacial score (nSPS) is 12.4. The number of aliphatic hydroxyl groups is 1. The fraction of sp³-hybridized carbons (Fsp3) is 0.364. The van der Waals surface area contributed by atoms with E-state index in [1.54, 1.807) is 18.2 Å². The van der Waals surface area contributed by atoms with Gasteiger partial charge in [0.25, 0.3) is 0 Å². The molecule has 88 valence electrons. The van der Waals surface area contributed by atoms with Gasteiger partial charge in [-0.25, -0.2) is 4.79 Å². The maximum atomic E-state index is 11.0. The maximum Gasteiger partial charge on any atom is 0.338 e. The minimum atomic E-state index is -1.02. The molecule has 3 nitrogen and oxygen atoms in total. The molecule has 0 aliphatic heterocycles. The van der Waals surface area contributed by atoms with E-state index in [0.29, 0.717) is 11.3 Å². The summed E-state index contributed by atoms with van der Waals surface area (Å²) in [5.74, 6) is -1.02. The molecule has 0 bridgehead atoms. The summed E-state index contributed by atoms with van der Waals surface area (Å²) in [6.07, 6.45) is 0.621. The van der Waals surface area contributed by atoms with Crippen LogP contribution in [0.1, 0.15) is 23.7 Å². The summed E-state index contributed by atoms with van der Waals surface area (Å²) in [7, 11) is 0. The largest absolute Gasteiger partial charge is 0.478 e. The first-order valence-electron chi connectivity index (χ1n) is 4.85. The van der Waals surface area contributed by atoms with E-state index in [4.69, 9.17) is 21.8 Å². The molecule has 0 fully saturated rings. The number of aliphatic hydroxyl groups excluding tert-OH is 1. The average Bonchev–Trinajstić information content (AvgIpc) is 2.17. The van der Waals surface area contributed by atoms with Crippen molar-refractivity contribution in [3.63, 3.8) is 0 Å². The van der Waals surface area contributed by atoms with Crippen molar-refractivity contribution in [1.29, 1.82) is 0 Å². The number of hydrogen-bond donors (Lipinski definition) is 2. The topological polar surface area (TPSA) is 57.5 Å². The first kappa shape index (κ1) is 13.4. The van der Waals surface area contributed by atoms with Gasteiger partial charge in [-0.05, 0) is 18.6 Å². The van der Waals surface area contributed by atoms with E-state index < -0.39 is 5.97 Å². The summed E-state index contributed by atoms with van der Waals surface area (Å²) in [5, 5.41) is 18.2. The second-order valence-electron chi connectivity index (χ2n) is 3.36. The van der Waals surface area contributed by atoms with Gasteiger partial charge in [-0.2, -0.15) is 0 Å². The molecule has 5 heteroatoms. The summed E-state index contributed by atoms with van der Waals surface area (Å²) >= 11 is 7.25. The molecule has 0 amide bonds. The number of thioether (sulfide) groups is 1. The van der Waals surface area contributed by atoms with Crippen LogP contribution in [0.5, 0.6) is 0 Å². The molecular formula is C11H13ClO3S. The number of benzene rings is 1. The third-order valence-corrected chi connectivity index (χ3v) is 3.60. The number of aromatic carboxylic acids is 1. The monoisotopic (exact) mass is 260 g/mol. The Kier molecular flexibility index (Phi) is 5.12. The maximum absolute atomic E-state index is 11.0. The highest BCUT2D eigenvalue weighted by Crippen LogP contribution is 2.32. The van der Waals surface area contributed by atoms with Gasteiger partial charge in [0, 0.05) is 16.8 Å². The minimum Gasteiger partial charge on any atom is -0.478 e. The van der Waals surface area contributed by atoms with Crippen molar-refractivity contribution < 1.29 is 15.0 Å². The van der Waals surface area contributed by atoms with Gasteiger partial charge >= 0.3 is 5.97 Å². The van der Waals surface area contributed by atoms with Gasteiger partial charge in [0.1, 0.15) is 0 Å². The third kappa shape index (κ3) is 3.40. The lowest BCUT2D eigenvalue weighted by Gasteiger charge is -2.12. The molecule has 1 aromatic carbocycles. The molecule has 1 atom stereocenters. The van der Waals surface area contributed by atoms with Gasteiger partial charge in [-0.3, -0.25) is 0 Å². The standard InChI is InChI=1S/C11H13ClO3S/c1-7(5-6-13)16-9-4-2-3-8(12)10(9)11(14)15/h2-4,7,13H,5-6H2,1H3,(H,14,15). The smallest absolute Gasteiger partial charge is 0.338 e. The number of carboxylic acids is 1. The molecule has 0 aromatic heterocycles. The Bertz CT molecular complexity index is 381. The highest BCUT2D eigenvalue weighted by atomic mass is 35.5. The van der Waals surface area contributed by atoms with Crippen molar-refractivity contribution in [2.24, 2.45) is 0 Å². The van der Waals surface area contributed by atoms with E-state index in [1.807, 2.05) is 6.92 Å². The quantitative estimate of drug-likeness (QED) is 0.800. The Hall–Kier alpha value is -0.710. The van der Waals surface area contributed by atoms with Gasteiger partial charge < -0.3 is 10.2 Å². The Balaban J connectivity index is 2.95. The molecule has 1 rings (SSSR count). The second-order valence-corrected chi connectivity index (χ2v) is 5.25. The second kappa shape index (κ2) is 6.13. The van der Waals surface area contributed by atoms with E-state index in [1.165, 1.54) is 11.8 Å². The van der Waals surface area contributed by atoms with Crippen LogP contribution in [-0.4, -0.2) is 28.0 Å². The summed E-state index contributed by atoms with van der Waals surface area (Å²) in [4.78, 5) is 11.7. The number of hydrogen-bond acceptors (Lipinski definition) is 3. The zero-order valence-corrected chi connectivity index (χ0v) is 10.4. The van der Waals surface area contributed by atoms with Crippen molar-refractivity contribution >= 4 is 29.3 Å². The summed E-state index contributed by atoms with van der Waals surface area (Å²) in [6.45, 7) is 2.03. The lowest BCUT2D eigenvalue weighted by atomic mass is 10.2. The molecule has 0 aliphatic rings. The SMILES string of the molecule is CC(CCO)Sc1cccc(Cl)c1C(=O)O. The molecule has 0 radical (unpaired) electrons. The van der Waals surface area contributed by atoms with Crippen LogP contribution < -0.4 is 0 Å². The molecule has 16 heavy (non-hydrogen) atoms. The molecule has 0 saturated carbocycles. The average molecular weight is 261 g/mol. The molecule has 1 aromatic rings. The number of halogens is 1. The summed E-state index contributed by atoms with van der Waals surface area (Å²) in [5.41, 5.74) is 0.138. The van der Waals surface area contributed by atoms with E-state index in [9.17, 15) is 4.79 Å². The van der Waals surface area contributed by atoms with Gasteiger partial charge in [0.15, 0.2) is 0 Å². The van der Waals surface area contributed by atoms with Crippen molar-refractivity contribution in [1.82, 2.24) is 0 Å². The molecule has 1 unspecified atom stereocenters. The summed E-state index contributed by atoms with van der Waals surface area (Å²) in [6, 6.07) is 5.02. The third-order valence-electron chi connectivity index (χ3n) is 2.05. The Morgan fingerprint density at radius 1 is 1.56 bits per heavy atom. The first-order valence-corrected chi connectivity index (χ1v) is 6.11. The van der Waals surface area contributed by atoms with Crippen LogP contribution in [0.4, 0.5) is 0 Å². The fourth-order valence-corrected chi connectivity index (χ4v) is 2.71. The van der Waals surface area contributed by atoms with Crippen molar-refractivity contribution in [3.05, 3.63) is 28.8 Å². The lowest BCUT2D eigenvalue weighted by molar-refractivity contribution is 0.0693. The zero-order chi connectivity index (χ0) is 12.1. The van der Waals surface area contributed by atoms with Crippen LogP contribution in [0.3, 0.4) is 0 Å². The van der Waals surface area contributed by atoms with E-state index in [2.05, 4.69) is 0 Å². The molecule has 2 N–H and O–H groups in total. The van der Waals surface area contributed by atoms with Crippen LogP contribution in [0.25, 0.3) is 0 Å². The van der Waals surface area contributed by atoms with Crippen LogP contribution in [0.2, 0.25) is 5.02 Å². The van der Waals surface area contributed by atoms with E-state index >= 15 is 0 Å². The number of carbonyl (C=O) groups is 1. The predicted molar refractivity (Wildman–Crippen MR) is 65.4 cm³/mol. The Morgan fingerprint density at radius 3 is 2.81 bits per heavy atom. The van der Waals surface area contributed by atoms with Gasteiger partial charge in [0.2, 0.25) is 0 Å². The highest BCUT2D eigenvalue weighted by molar-refractivity contribution is 8.00.